The predicted molar refractivity (Wildman–Crippen MR) is 43.8 cm³/mol. The van der Waals surface area contributed by atoms with Crippen molar-refractivity contribution in [2.45, 2.75) is 0 Å². The molecule has 0 saturated heterocycles. The molecule has 0 fully saturated rings. The predicted octanol–water partition coefficient (Wildman–Crippen LogP) is -0.179. The van der Waals surface area contributed by atoms with E-state index in [1.165, 1.54) is 24.9 Å². The third-order valence-electron chi connectivity index (χ3n) is 1.30. The van der Waals surface area contributed by atoms with Gasteiger partial charge in [-0.05, 0) is 12.1 Å². The van der Waals surface area contributed by atoms with Gasteiger partial charge in [-0.25, -0.2) is 5.48 Å². The molecule has 1 aromatic carbocycles. The van der Waals surface area contributed by atoms with Crippen molar-refractivity contribution in [1.82, 2.24) is 5.48 Å². The Hall–Kier alpha value is -1.49. The smallest absolute Gasteiger partial charge is 0.274 e. The van der Waals surface area contributed by atoms with Gasteiger partial charge in [-0.2, -0.15) is 0 Å². The SMILES string of the molecule is O=C([B]c1ccc(O)cc1)NO. The van der Waals surface area contributed by atoms with E-state index >= 15 is 0 Å². The van der Waals surface area contributed by atoms with Gasteiger partial charge in [-0.3, -0.25) is 10.0 Å². The zero-order valence-electron chi connectivity index (χ0n) is 6.19. The van der Waals surface area contributed by atoms with Gasteiger partial charge in [0.05, 0.1) is 0 Å². The summed E-state index contributed by atoms with van der Waals surface area (Å²) < 4.78 is 0. The first-order chi connectivity index (χ1) is 5.72. The van der Waals surface area contributed by atoms with Crippen molar-refractivity contribution in [3.8, 4) is 5.75 Å². The van der Waals surface area contributed by atoms with Gasteiger partial charge in [0.2, 0.25) is 0 Å². The maximum absolute atomic E-state index is 10.6. The van der Waals surface area contributed by atoms with Crippen molar-refractivity contribution < 1.29 is 15.1 Å². The molecule has 0 heterocycles. The summed E-state index contributed by atoms with van der Waals surface area (Å²) in [6.45, 7) is 0. The molecule has 0 spiro atoms. The van der Waals surface area contributed by atoms with Crippen LogP contribution in [-0.2, 0) is 0 Å². The molecule has 0 aliphatic rings. The minimum absolute atomic E-state index is 0.136. The highest BCUT2D eigenvalue weighted by molar-refractivity contribution is 6.83. The van der Waals surface area contributed by atoms with Crippen LogP contribution in [0.3, 0.4) is 0 Å². The first-order valence-corrected chi connectivity index (χ1v) is 3.30. The molecule has 4 nitrogen and oxygen atoms in total. The lowest BCUT2D eigenvalue weighted by Crippen LogP contribution is -2.31. The van der Waals surface area contributed by atoms with E-state index in [-0.39, 0.29) is 5.75 Å². The van der Waals surface area contributed by atoms with Crippen LogP contribution in [0.4, 0.5) is 4.79 Å². The summed E-state index contributed by atoms with van der Waals surface area (Å²) in [5, 5.41) is 17.1. The molecule has 1 rings (SSSR count). The minimum Gasteiger partial charge on any atom is -0.508 e. The van der Waals surface area contributed by atoms with Crippen molar-refractivity contribution >= 4 is 18.5 Å². The van der Waals surface area contributed by atoms with Crippen molar-refractivity contribution in [1.29, 1.82) is 0 Å². The molecule has 12 heavy (non-hydrogen) atoms. The van der Waals surface area contributed by atoms with E-state index in [0.717, 1.165) is 0 Å². The molecule has 0 unspecified atom stereocenters. The van der Waals surface area contributed by atoms with Gasteiger partial charge in [0, 0.05) is 0 Å². The van der Waals surface area contributed by atoms with E-state index in [1.54, 1.807) is 12.1 Å². The topological polar surface area (TPSA) is 69.6 Å². The number of amides is 1. The Morgan fingerprint density at radius 2 is 1.92 bits per heavy atom. The fourth-order valence-corrected chi connectivity index (χ4v) is 0.754. The molecule has 0 atom stereocenters. The van der Waals surface area contributed by atoms with Crippen LogP contribution in [0.25, 0.3) is 0 Å². The van der Waals surface area contributed by atoms with Gasteiger partial charge in [0.1, 0.15) is 5.75 Å². The van der Waals surface area contributed by atoms with E-state index in [9.17, 15) is 4.79 Å². The Balaban J connectivity index is 2.64. The number of hydroxylamine groups is 1. The lowest BCUT2D eigenvalue weighted by atomic mass is 9.70. The molecular formula is C7H7BNO3. The van der Waals surface area contributed by atoms with Crippen molar-refractivity contribution in [2.24, 2.45) is 0 Å². The maximum Gasteiger partial charge on any atom is 0.274 e. The Labute approximate surface area is 70.0 Å². The highest BCUT2D eigenvalue weighted by Gasteiger charge is 2.03. The quantitative estimate of drug-likeness (QED) is 0.322. The van der Waals surface area contributed by atoms with Crippen LogP contribution in [0.15, 0.2) is 24.3 Å². The molecule has 3 N–H and O–H groups in total. The third kappa shape index (κ3) is 2.28. The van der Waals surface area contributed by atoms with Crippen LogP contribution >= 0.6 is 0 Å². The number of rotatable bonds is 2. The average molecular weight is 164 g/mol. The van der Waals surface area contributed by atoms with E-state index in [2.05, 4.69) is 0 Å². The summed E-state index contributed by atoms with van der Waals surface area (Å²) in [4.78, 5) is 10.6. The van der Waals surface area contributed by atoms with E-state index < -0.39 is 5.81 Å². The summed E-state index contributed by atoms with van der Waals surface area (Å²) in [5.41, 5.74) is 2.08. The fraction of sp³-hybridized carbons (Fsp3) is 0. The van der Waals surface area contributed by atoms with Crippen LogP contribution in [0.1, 0.15) is 0 Å². The Morgan fingerprint density at radius 3 is 2.42 bits per heavy atom. The van der Waals surface area contributed by atoms with Crippen LogP contribution in [0, 0.1) is 0 Å². The first kappa shape index (κ1) is 8.61. The Bertz CT molecular complexity index is 272. The molecule has 0 aliphatic heterocycles. The average Bonchev–Trinajstić information content (AvgIpc) is 2.09. The van der Waals surface area contributed by atoms with Crippen LogP contribution < -0.4 is 10.9 Å². The molecule has 0 bridgehead atoms. The monoisotopic (exact) mass is 164 g/mol. The van der Waals surface area contributed by atoms with Gasteiger partial charge >= 0.3 is 0 Å². The fourth-order valence-electron chi connectivity index (χ4n) is 0.754. The number of nitrogens with one attached hydrogen (secondary N) is 1. The molecular weight excluding hydrogens is 157 g/mol. The van der Waals surface area contributed by atoms with Gasteiger partial charge in [0.25, 0.3) is 7.28 Å². The third-order valence-corrected chi connectivity index (χ3v) is 1.30. The van der Waals surface area contributed by atoms with Crippen LogP contribution in [0.2, 0.25) is 0 Å². The zero-order chi connectivity index (χ0) is 8.97. The van der Waals surface area contributed by atoms with Gasteiger partial charge < -0.3 is 5.11 Å². The number of carbonyl (C=O) groups excluding carboxylic acids is 1. The molecule has 0 aliphatic carbocycles. The van der Waals surface area contributed by atoms with Gasteiger partial charge in [0.15, 0.2) is 5.81 Å². The normalized spacial score (nSPS) is 9.08. The van der Waals surface area contributed by atoms with E-state index in [0.29, 0.717) is 5.46 Å². The number of phenols is 1. The Kier molecular flexibility index (Phi) is 2.71. The number of carbonyl (C=O) groups is 1. The number of phenolic OH excluding ortho intramolecular Hbond substituents is 1. The summed E-state index contributed by atoms with van der Waals surface area (Å²) in [7, 11) is 1.21. The van der Waals surface area contributed by atoms with Gasteiger partial charge in [-0.15, -0.1) is 0 Å². The number of aromatic hydroxyl groups is 1. The molecule has 0 saturated carbocycles. The lowest BCUT2D eigenvalue weighted by Gasteiger charge is -1.97. The Morgan fingerprint density at radius 1 is 1.33 bits per heavy atom. The summed E-state index contributed by atoms with van der Waals surface area (Å²) >= 11 is 0. The summed E-state index contributed by atoms with van der Waals surface area (Å²) in [5.74, 6) is -0.461. The molecule has 0 aromatic heterocycles. The number of hydrogen-bond acceptors (Lipinski definition) is 3. The summed E-state index contributed by atoms with van der Waals surface area (Å²) in [6, 6.07) is 6.03. The van der Waals surface area contributed by atoms with Crippen molar-refractivity contribution in [2.75, 3.05) is 0 Å². The molecule has 1 radical (unpaired) electrons. The minimum atomic E-state index is -0.597. The summed E-state index contributed by atoms with van der Waals surface area (Å²) in [6.07, 6.45) is 0. The highest BCUT2D eigenvalue weighted by Crippen LogP contribution is 2.02. The van der Waals surface area contributed by atoms with Crippen molar-refractivity contribution in [3.63, 3.8) is 0 Å². The van der Waals surface area contributed by atoms with Crippen LogP contribution in [-0.4, -0.2) is 23.4 Å². The van der Waals surface area contributed by atoms with E-state index in [1.807, 2.05) is 0 Å². The van der Waals surface area contributed by atoms with E-state index in [4.69, 9.17) is 10.3 Å². The van der Waals surface area contributed by atoms with Crippen LogP contribution in [0.5, 0.6) is 5.75 Å². The molecule has 61 valence electrons. The molecule has 1 aromatic rings. The lowest BCUT2D eigenvalue weighted by molar-refractivity contribution is 0.179. The maximum atomic E-state index is 10.6. The molecule has 5 heteroatoms. The number of benzene rings is 1. The highest BCUT2D eigenvalue weighted by atomic mass is 16.5. The second-order valence-corrected chi connectivity index (χ2v) is 2.21. The second-order valence-electron chi connectivity index (χ2n) is 2.21. The number of hydrogen-bond donors (Lipinski definition) is 3. The zero-order valence-corrected chi connectivity index (χ0v) is 6.19. The molecule has 1 amide bonds. The van der Waals surface area contributed by atoms with Crippen molar-refractivity contribution in [3.05, 3.63) is 24.3 Å². The first-order valence-electron chi connectivity index (χ1n) is 3.30. The largest absolute Gasteiger partial charge is 0.508 e. The second kappa shape index (κ2) is 3.78. The standard InChI is InChI=1S/C7H7BNO3/c10-6-3-1-5(2-4-6)8-7(11)9-12/h1-4,10,12H,(H,9,11). The van der Waals surface area contributed by atoms with Gasteiger partial charge in [-0.1, -0.05) is 17.6 Å².